The van der Waals surface area contributed by atoms with Crippen molar-refractivity contribution in [3.8, 4) is 0 Å². The standard InChI is InChI=1S/C16H33NO2/c1-3-4-5-6-7-8-9-10-12-17-14-16(18-2)11-13-19-15-16/h17H,3-15H2,1-2H3. The first-order valence-electron chi connectivity index (χ1n) is 8.16. The van der Waals surface area contributed by atoms with Crippen molar-refractivity contribution in [3.05, 3.63) is 0 Å². The second-order valence-electron chi connectivity index (χ2n) is 5.84. The zero-order valence-electron chi connectivity index (χ0n) is 13.0. The lowest BCUT2D eigenvalue weighted by molar-refractivity contribution is -0.0156. The van der Waals surface area contributed by atoms with E-state index in [2.05, 4.69) is 12.2 Å². The molecule has 0 spiro atoms. The van der Waals surface area contributed by atoms with Crippen molar-refractivity contribution in [2.45, 2.75) is 70.3 Å². The maximum absolute atomic E-state index is 5.59. The first kappa shape index (κ1) is 16.9. The van der Waals surface area contributed by atoms with Crippen LogP contribution in [0.1, 0.15) is 64.7 Å². The number of nitrogens with one attached hydrogen (secondary N) is 1. The van der Waals surface area contributed by atoms with Gasteiger partial charge in [0.2, 0.25) is 0 Å². The summed E-state index contributed by atoms with van der Waals surface area (Å²) in [6.07, 6.45) is 12.1. The number of hydrogen-bond acceptors (Lipinski definition) is 3. The third kappa shape index (κ3) is 7.28. The van der Waals surface area contributed by atoms with Crippen molar-refractivity contribution < 1.29 is 9.47 Å². The summed E-state index contributed by atoms with van der Waals surface area (Å²) < 4.78 is 11.0. The summed E-state index contributed by atoms with van der Waals surface area (Å²) in [6.45, 7) is 5.90. The van der Waals surface area contributed by atoms with E-state index in [1.807, 2.05) is 0 Å². The van der Waals surface area contributed by atoms with Crippen molar-refractivity contribution in [2.75, 3.05) is 33.4 Å². The van der Waals surface area contributed by atoms with Gasteiger partial charge in [-0.3, -0.25) is 0 Å². The van der Waals surface area contributed by atoms with Crippen LogP contribution >= 0.6 is 0 Å². The van der Waals surface area contributed by atoms with E-state index in [0.29, 0.717) is 0 Å². The van der Waals surface area contributed by atoms with Crippen LogP contribution in [0.2, 0.25) is 0 Å². The fourth-order valence-electron chi connectivity index (χ4n) is 2.66. The summed E-state index contributed by atoms with van der Waals surface area (Å²) in [6, 6.07) is 0. The Morgan fingerprint density at radius 1 is 1.05 bits per heavy atom. The van der Waals surface area contributed by atoms with Gasteiger partial charge in [0.25, 0.3) is 0 Å². The lowest BCUT2D eigenvalue weighted by Crippen LogP contribution is -2.43. The molecule has 0 amide bonds. The molecule has 1 aliphatic heterocycles. The summed E-state index contributed by atoms with van der Waals surface area (Å²) >= 11 is 0. The highest BCUT2D eigenvalue weighted by molar-refractivity contribution is 4.86. The van der Waals surface area contributed by atoms with Crippen molar-refractivity contribution in [1.82, 2.24) is 5.32 Å². The maximum atomic E-state index is 5.59. The number of hydrogen-bond donors (Lipinski definition) is 1. The van der Waals surface area contributed by atoms with E-state index in [1.165, 1.54) is 51.4 Å². The molecule has 1 fully saturated rings. The van der Waals surface area contributed by atoms with Gasteiger partial charge < -0.3 is 14.8 Å². The van der Waals surface area contributed by atoms with Gasteiger partial charge in [0.1, 0.15) is 5.60 Å². The molecule has 1 aliphatic rings. The molecular weight excluding hydrogens is 238 g/mol. The van der Waals surface area contributed by atoms with Gasteiger partial charge in [-0.05, 0) is 13.0 Å². The number of methoxy groups -OCH3 is 1. The zero-order valence-corrected chi connectivity index (χ0v) is 13.0. The predicted octanol–water partition coefficient (Wildman–Crippen LogP) is 3.52. The third-order valence-electron chi connectivity index (χ3n) is 4.15. The normalized spacial score (nSPS) is 23.1. The van der Waals surface area contributed by atoms with E-state index in [9.17, 15) is 0 Å². The molecular formula is C16H33NO2. The Labute approximate surface area is 119 Å². The molecule has 3 nitrogen and oxygen atoms in total. The first-order valence-corrected chi connectivity index (χ1v) is 8.16. The largest absolute Gasteiger partial charge is 0.378 e. The number of rotatable bonds is 12. The molecule has 19 heavy (non-hydrogen) atoms. The highest BCUT2D eigenvalue weighted by atomic mass is 16.5. The first-order chi connectivity index (χ1) is 9.33. The van der Waals surface area contributed by atoms with E-state index < -0.39 is 0 Å². The quantitative estimate of drug-likeness (QED) is 0.551. The molecule has 1 saturated heterocycles. The molecule has 0 radical (unpaired) electrons. The molecule has 0 aromatic rings. The van der Waals surface area contributed by atoms with Crippen LogP contribution in [0.5, 0.6) is 0 Å². The Hall–Kier alpha value is -0.120. The Balaban J connectivity index is 1.85. The molecule has 1 atom stereocenters. The highest BCUT2D eigenvalue weighted by Gasteiger charge is 2.34. The number of unbranched alkanes of at least 4 members (excludes halogenated alkanes) is 7. The van der Waals surface area contributed by atoms with E-state index in [4.69, 9.17) is 9.47 Å². The van der Waals surface area contributed by atoms with Crippen LogP contribution in [-0.4, -0.2) is 39.0 Å². The van der Waals surface area contributed by atoms with Crippen LogP contribution in [0, 0.1) is 0 Å². The Morgan fingerprint density at radius 3 is 2.32 bits per heavy atom. The summed E-state index contributed by atoms with van der Waals surface area (Å²) in [7, 11) is 1.80. The van der Waals surface area contributed by atoms with Crippen molar-refractivity contribution in [2.24, 2.45) is 0 Å². The molecule has 0 aliphatic carbocycles. The smallest absolute Gasteiger partial charge is 0.106 e. The van der Waals surface area contributed by atoms with Crippen molar-refractivity contribution in [1.29, 1.82) is 0 Å². The van der Waals surface area contributed by atoms with Gasteiger partial charge in [-0.1, -0.05) is 51.9 Å². The maximum Gasteiger partial charge on any atom is 0.106 e. The summed E-state index contributed by atoms with van der Waals surface area (Å²) in [5, 5.41) is 3.53. The van der Waals surface area contributed by atoms with E-state index in [1.54, 1.807) is 7.11 Å². The molecule has 1 heterocycles. The second kappa shape index (κ2) is 10.6. The molecule has 1 N–H and O–H groups in total. The van der Waals surface area contributed by atoms with Crippen LogP contribution in [0.3, 0.4) is 0 Å². The summed E-state index contributed by atoms with van der Waals surface area (Å²) in [4.78, 5) is 0. The van der Waals surface area contributed by atoms with Crippen LogP contribution in [0.25, 0.3) is 0 Å². The Morgan fingerprint density at radius 2 is 1.74 bits per heavy atom. The summed E-state index contributed by atoms with van der Waals surface area (Å²) in [5.74, 6) is 0. The van der Waals surface area contributed by atoms with Gasteiger partial charge in [-0.2, -0.15) is 0 Å². The average Bonchev–Trinajstić information content (AvgIpc) is 2.90. The van der Waals surface area contributed by atoms with Crippen LogP contribution in [-0.2, 0) is 9.47 Å². The van der Waals surface area contributed by atoms with E-state index in [0.717, 1.165) is 32.7 Å². The molecule has 1 unspecified atom stereocenters. The Bertz CT molecular complexity index is 203. The molecule has 114 valence electrons. The SMILES string of the molecule is CCCCCCCCCCNCC1(OC)CCOC1. The minimum Gasteiger partial charge on any atom is -0.378 e. The molecule has 0 bridgehead atoms. The fourth-order valence-corrected chi connectivity index (χ4v) is 2.66. The molecule has 0 aromatic carbocycles. The van der Waals surface area contributed by atoms with Crippen LogP contribution < -0.4 is 5.32 Å². The van der Waals surface area contributed by atoms with Crippen molar-refractivity contribution >= 4 is 0 Å². The monoisotopic (exact) mass is 271 g/mol. The van der Waals surface area contributed by atoms with Crippen LogP contribution in [0.15, 0.2) is 0 Å². The minimum absolute atomic E-state index is 0.0554. The van der Waals surface area contributed by atoms with E-state index >= 15 is 0 Å². The van der Waals surface area contributed by atoms with Gasteiger partial charge in [-0.15, -0.1) is 0 Å². The van der Waals surface area contributed by atoms with Gasteiger partial charge in [0.15, 0.2) is 0 Å². The molecule has 0 aromatic heterocycles. The fraction of sp³-hybridized carbons (Fsp3) is 1.00. The minimum atomic E-state index is -0.0554. The lowest BCUT2D eigenvalue weighted by Gasteiger charge is -2.26. The average molecular weight is 271 g/mol. The summed E-state index contributed by atoms with van der Waals surface area (Å²) in [5.41, 5.74) is -0.0554. The Kier molecular flexibility index (Phi) is 9.48. The van der Waals surface area contributed by atoms with Gasteiger partial charge in [0, 0.05) is 26.7 Å². The second-order valence-corrected chi connectivity index (χ2v) is 5.84. The topological polar surface area (TPSA) is 30.5 Å². The lowest BCUT2D eigenvalue weighted by atomic mass is 10.0. The molecule has 1 rings (SSSR count). The van der Waals surface area contributed by atoms with Gasteiger partial charge >= 0.3 is 0 Å². The van der Waals surface area contributed by atoms with Gasteiger partial charge in [-0.25, -0.2) is 0 Å². The number of ether oxygens (including phenoxy) is 2. The molecule has 3 heteroatoms. The van der Waals surface area contributed by atoms with Crippen LogP contribution in [0.4, 0.5) is 0 Å². The van der Waals surface area contributed by atoms with Gasteiger partial charge in [0.05, 0.1) is 6.61 Å². The van der Waals surface area contributed by atoms with Crippen molar-refractivity contribution in [3.63, 3.8) is 0 Å². The molecule has 0 saturated carbocycles. The highest BCUT2D eigenvalue weighted by Crippen LogP contribution is 2.21. The zero-order chi connectivity index (χ0) is 13.8. The predicted molar refractivity (Wildman–Crippen MR) is 80.7 cm³/mol. The van der Waals surface area contributed by atoms with E-state index in [-0.39, 0.29) is 5.60 Å². The third-order valence-corrected chi connectivity index (χ3v) is 4.15.